The van der Waals surface area contributed by atoms with E-state index in [1.807, 2.05) is 0 Å². The van der Waals surface area contributed by atoms with E-state index in [-0.39, 0.29) is 12.8 Å². The zero-order valence-corrected chi connectivity index (χ0v) is 14.6. The molecule has 0 heterocycles. The van der Waals surface area contributed by atoms with Crippen LogP contribution < -0.4 is 0 Å². The maximum absolute atomic E-state index is 12.2. The molecule has 2 saturated carbocycles. The first kappa shape index (κ1) is 19.2. The molecule has 140 valence electrons. The number of carboxylic acid groups (broad SMARTS) is 4. The summed E-state index contributed by atoms with van der Waals surface area (Å²) in [6.45, 7) is 6.48. The van der Waals surface area contributed by atoms with Crippen molar-refractivity contribution in [3.05, 3.63) is 0 Å². The van der Waals surface area contributed by atoms with Gasteiger partial charge in [0.25, 0.3) is 0 Å². The molecule has 2 aliphatic carbocycles. The highest BCUT2D eigenvalue weighted by atomic mass is 16.4. The molecule has 2 rings (SSSR count). The van der Waals surface area contributed by atoms with Gasteiger partial charge in [0.15, 0.2) is 0 Å². The first-order valence-electron chi connectivity index (χ1n) is 8.14. The fourth-order valence-corrected chi connectivity index (χ4v) is 5.65. The highest BCUT2D eigenvalue weighted by Gasteiger charge is 2.80. The lowest BCUT2D eigenvalue weighted by Crippen LogP contribution is -2.76. The fraction of sp³-hybridized carbons (Fsp3) is 0.765. The third-order valence-corrected chi connectivity index (χ3v) is 6.57. The molecule has 4 N–H and O–H groups in total. The zero-order chi connectivity index (χ0) is 19.5. The van der Waals surface area contributed by atoms with Gasteiger partial charge in [-0.05, 0) is 29.6 Å². The van der Waals surface area contributed by atoms with Crippen LogP contribution in [0.5, 0.6) is 0 Å². The van der Waals surface area contributed by atoms with E-state index in [1.165, 1.54) is 0 Å². The van der Waals surface area contributed by atoms with Crippen molar-refractivity contribution in [1.82, 2.24) is 0 Å². The summed E-state index contributed by atoms with van der Waals surface area (Å²) < 4.78 is 0. The Balaban J connectivity index is 2.65. The van der Waals surface area contributed by atoms with Crippen molar-refractivity contribution in [3.63, 3.8) is 0 Å². The van der Waals surface area contributed by atoms with Gasteiger partial charge in [0.05, 0.1) is 23.2 Å². The molecule has 0 aromatic rings. The van der Waals surface area contributed by atoms with Crippen molar-refractivity contribution >= 4 is 23.9 Å². The Hall–Kier alpha value is -2.12. The number of aliphatic carboxylic acids is 4. The van der Waals surface area contributed by atoms with Crippen LogP contribution in [0, 0.1) is 39.9 Å². The van der Waals surface area contributed by atoms with Gasteiger partial charge in [-0.1, -0.05) is 27.7 Å². The first-order valence-corrected chi connectivity index (χ1v) is 8.14. The molecular weight excluding hydrogens is 332 g/mol. The van der Waals surface area contributed by atoms with Gasteiger partial charge in [-0.25, -0.2) is 0 Å². The molecule has 0 aliphatic heterocycles. The van der Waals surface area contributed by atoms with E-state index >= 15 is 0 Å². The van der Waals surface area contributed by atoms with Gasteiger partial charge in [-0.2, -0.15) is 0 Å². The van der Waals surface area contributed by atoms with Gasteiger partial charge in [0.2, 0.25) is 0 Å². The molecule has 2 aliphatic rings. The standard InChI is InChI=1S/C17H24O8/c1-15(2,3)17(14(24)25)9-5-7(11(18)19)8(12(20)21)6-16(9,4)10(17)13(22)23/h7-10H,5-6H2,1-4H3,(H,18,19)(H,20,21)(H,22,23)(H,24,25). The highest BCUT2D eigenvalue weighted by Crippen LogP contribution is 2.75. The first-order chi connectivity index (χ1) is 11.2. The average Bonchev–Trinajstić information content (AvgIpc) is 2.39. The van der Waals surface area contributed by atoms with Crippen LogP contribution in [0.15, 0.2) is 0 Å². The van der Waals surface area contributed by atoms with Gasteiger partial charge in [-0.15, -0.1) is 0 Å². The van der Waals surface area contributed by atoms with Gasteiger partial charge in [-0.3, -0.25) is 19.2 Å². The maximum atomic E-state index is 12.2. The molecule has 6 atom stereocenters. The molecule has 0 aromatic heterocycles. The average molecular weight is 356 g/mol. The molecule has 0 saturated heterocycles. The van der Waals surface area contributed by atoms with Crippen molar-refractivity contribution in [2.24, 2.45) is 39.9 Å². The molecule has 0 amide bonds. The van der Waals surface area contributed by atoms with Crippen LogP contribution in [0.4, 0.5) is 0 Å². The third-order valence-electron chi connectivity index (χ3n) is 6.57. The normalized spacial score (nSPS) is 40.5. The second-order valence-corrected chi connectivity index (χ2v) is 8.58. The summed E-state index contributed by atoms with van der Waals surface area (Å²) in [5, 5.41) is 38.5. The van der Waals surface area contributed by atoms with Gasteiger partial charge >= 0.3 is 23.9 Å². The third kappa shape index (κ3) is 2.26. The van der Waals surface area contributed by atoms with Crippen LogP contribution in [0.2, 0.25) is 0 Å². The number of carboxylic acids is 4. The topological polar surface area (TPSA) is 149 Å². The van der Waals surface area contributed by atoms with E-state index in [2.05, 4.69) is 0 Å². The fourth-order valence-electron chi connectivity index (χ4n) is 5.65. The summed E-state index contributed by atoms with van der Waals surface area (Å²) in [6.07, 6.45) is -0.317. The Morgan fingerprint density at radius 1 is 0.880 bits per heavy atom. The highest BCUT2D eigenvalue weighted by molar-refractivity contribution is 5.89. The Morgan fingerprint density at radius 2 is 1.36 bits per heavy atom. The van der Waals surface area contributed by atoms with Gasteiger partial charge in [0, 0.05) is 0 Å². The SMILES string of the molecule is CC12CC(C(=O)O)C(C(=O)O)CC1C(C(=O)O)(C(C)(C)C)C2C(=O)O. The number of hydrogen-bond donors (Lipinski definition) is 4. The lowest BCUT2D eigenvalue weighted by atomic mass is 9.29. The maximum Gasteiger partial charge on any atom is 0.311 e. The summed E-state index contributed by atoms with van der Waals surface area (Å²) in [7, 11) is 0. The summed E-state index contributed by atoms with van der Waals surface area (Å²) in [5.74, 6) is -9.60. The lowest BCUT2D eigenvalue weighted by molar-refractivity contribution is -0.272. The van der Waals surface area contributed by atoms with Crippen molar-refractivity contribution in [2.75, 3.05) is 0 Å². The number of rotatable bonds is 4. The minimum Gasteiger partial charge on any atom is -0.481 e. The van der Waals surface area contributed by atoms with Gasteiger partial charge < -0.3 is 20.4 Å². The summed E-state index contributed by atoms with van der Waals surface area (Å²) in [6, 6.07) is 0. The predicted molar refractivity (Wildman–Crippen MR) is 83.7 cm³/mol. The van der Waals surface area contributed by atoms with E-state index in [9.17, 15) is 39.6 Å². The smallest absolute Gasteiger partial charge is 0.311 e. The molecule has 8 heteroatoms. The molecule has 0 spiro atoms. The Morgan fingerprint density at radius 3 is 1.68 bits per heavy atom. The number of carbonyl (C=O) groups is 4. The van der Waals surface area contributed by atoms with Crippen LogP contribution in [-0.4, -0.2) is 44.3 Å². The Kier molecular flexibility index (Phi) is 4.18. The zero-order valence-electron chi connectivity index (χ0n) is 14.6. The Bertz CT molecular complexity index is 648. The molecule has 8 nitrogen and oxygen atoms in total. The largest absolute Gasteiger partial charge is 0.481 e. The second kappa shape index (κ2) is 5.44. The summed E-state index contributed by atoms with van der Waals surface area (Å²) >= 11 is 0. The van der Waals surface area contributed by atoms with E-state index in [0.29, 0.717) is 0 Å². The van der Waals surface area contributed by atoms with E-state index < -0.39 is 63.8 Å². The molecular formula is C17H24O8. The van der Waals surface area contributed by atoms with Crippen molar-refractivity contribution in [2.45, 2.75) is 40.5 Å². The van der Waals surface area contributed by atoms with E-state index in [0.717, 1.165) is 0 Å². The van der Waals surface area contributed by atoms with Crippen LogP contribution in [0.1, 0.15) is 40.5 Å². The lowest BCUT2D eigenvalue weighted by Gasteiger charge is -2.71. The molecule has 2 fully saturated rings. The molecule has 0 radical (unpaired) electrons. The van der Waals surface area contributed by atoms with Crippen molar-refractivity contribution in [3.8, 4) is 0 Å². The summed E-state index contributed by atoms with van der Waals surface area (Å²) in [4.78, 5) is 47.3. The second-order valence-electron chi connectivity index (χ2n) is 8.58. The molecule has 0 bridgehead atoms. The molecule has 0 aromatic carbocycles. The molecule has 25 heavy (non-hydrogen) atoms. The van der Waals surface area contributed by atoms with E-state index in [4.69, 9.17) is 0 Å². The summed E-state index contributed by atoms with van der Waals surface area (Å²) in [5.41, 5.74) is -3.66. The predicted octanol–water partition coefficient (Wildman–Crippen LogP) is 1.64. The van der Waals surface area contributed by atoms with Crippen LogP contribution in [0.25, 0.3) is 0 Å². The quantitative estimate of drug-likeness (QED) is 0.594. The van der Waals surface area contributed by atoms with E-state index in [1.54, 1.807) is 27.7 Å². The minimum absolute atomic E-state index is 0.157. The van der Waals surface area contributed by atoms with Crippen molar-refractivity contribution < 1.29 is 39.6 Å². The van der Waals surface area contributed by atoms with Crippen LogP contribution >= 0.6 is 0 Å². The van der Waals surface area contributed by atoms with Crippen molar-refractivity contribution in [1.29, 1.82) is 0 Å². The number of hydrogen-bond acceptors (Lipinski definition) is 4. The minimum atomic E-state index is -1.65. The number of fused-ring (bicyclic) bond motifs is 1. The van der Waals surface area contributed by atoms with Gasteiger partial charge in [0.1, 0.15) is 0 Å². The monoisotopic (exact) mass is 356 g/mol. The van der Waals surface area contributed by atoms with Crippen LogP contribution in [-0.2, 0) is 19.2 Å². The Labute approximate surface area is 144 Å². The van der Waals surface area contributed by atoms with Crippen LogP contribution in [0.3, 0.4) is 0 Å². The molecule has 6 unspecified atom stereocenters.